The SMILES string of the molecule is CCCCc1ccc(N/C=C(/C#N)C(=O)NCCN2CCNCC2)cc1. The summed E-state index contributed by atoms with van der Waals surface area (Å²) in [6, 6.07) is 10.1. The molecule has 0 unspecified atom stereocenters. The number of aryl methyl sites for hydroxylation is 1. The average Bonchev–Trinajstić information content (AvgIpc) is 2.68. The Bertz CT molecular complexity index is 627. The summed E-state index contributed by atoms with van der Waals surface area (Å²) in [7, 11) is 0. The van der Waals surface area contributed by atoms with E-state index in [-0.39, 0.29) is 11.5 Å². The number of benzene rings is 1. The molecule has 26 heavy (non-hydrogen) atoms. The second-order valence-electron chi connectivity index (χ2n) is 6.46. The average molecular weight is 355 g/mol. The number of nitriles is 1. The van der Waals surface area contributed by atoms with Crippen molar-refractivity contribution in [1.82, 2.24) is 15.5 Å². The summed E-state index contributed by atoms with van der Waals surface area (Å²) in [5, 5.41) is 18.4. The fourth-order valence-corrected chi connectivity index (χ4v) is 2.81. The topological polar surface area (TPSA) is 80.2 Å². The Kier molecular flexibility index (Phi) is 8.67. The van der Waals surface area contributed by atoms with E-state index >= 15 is 0 Å². The maximum absolute atomic E-state index is 12.1. The molecular weight excluding hydrogens is 326 g/mol. The number of unbranched alkanes of at least 4 members (excludes halogenated alkanes) is 1. The fourth-order valence-electron chi connectivity index (χ4n) is 2.81. The quantitative estimate of drug-likeness (QED) is 0.465. The van der Waals surface area contributed by atoms with E-state index in [4.69, 9.17) is 0 Å². The number of hydrogen-bond donors (Lipinski definition) is 3. The number of amides is 1. The molecule has 0 bridgehead atoms. The van der Waals surface area contributed by atoms with Gasteiger partial charge in [0.05, 0.1) is 0 Å². The van der Waals surface area contributed by atoms with Gasteiger partial charge >= 0.3 is 0 Å². The third kappa shape index (κ3) is 6.87. The van der Waals surface area contributed by atoms with Crippen LogP contribution in [-0.4, -0.2) is 50.1 Å². The van der Waals surface area contributed by atoms with Crippen LogP contribution < -0.4 is 16.0 Å². The Morgan fingerprint density at radius 3 is 2.69 bits per heavy atom. The Labute approximate surface area is 156 Å². The van der Waals surface area contributed by atoms with Crippen molar-refractivity contribution in [2.24, 2.45) is 0 Å². The zero-order valence-corrected chi connectivity index (χ0v) is 15.6. The molecule has 0 radical (unpaired) electrons. The second-order valence-corrected chi connectivity index (χ2v) is 6.46. The molecule has 1 aliphatic heterocycles. The van der Waals surface area contributed by atoms with E-state index in [0.29, 0.717) is 6.54 Å². The minimum atomic E-state index is -0.338. The molecule has 140 valence electrons. The summed E-state index contributed by atoms with van der Waals surface area (Å²) >= 11 is 0. The predicted molar refractivity (Wildman–Crippen MR) is 105 cm³/mol. The summed E-state index contributed by atoms with van der Waals surface area (Å²) < 4.78 is 0. The van der Waals surface area contributed by atoms with Gasteiger partial charge in [-0.3, -0.25) is 9.69 Å². The molecule has 0 atom stereocenters. The number of carbonyl (C=O) groups excluding carboxylic acids is 1. The van der Waals surface area contributed by atoms with Crippen molar-refractivity contribution in [3.8, 4) is 6.07 Å². The summed E-state index contributed by atoms with van der Waals surface area (Å²) in [6.45, 7) is 7.48. The minimum Gasteiger partial charge on any atom is -0.360 e. The highest BCUT2D eigenvalue weighted by molar-refractivity contribution is 5.97. The number of nitrogens with zero attached hydrogens (tertiary/aromatic N) is 2. The molecule has 0 aliphatic carbocycles. The van der Waals surface area contributed by atoms with Gasteiger partial charge in [-0.25, -0.2) is 0 Å². The van der Waals surface area contributed by atoms with Crippen LogP contribution in [0.1, 0.15) is 25.3 Å². The largest absolute Gasteiger partial charge is 0.360 e. The van der Waals surface area contributed by atoms with Gasteiger partial charge in [0.15, 0.2) is 0 Å². The highest BCUT2D eigenvalue weighted by Crippen LogP contribution is 2.12. The van der Waals surface area contributed by atoms with Crippen molar-refractivity contribution >= 4 is 11.6 Å². The maximum atomic E-state index is 12.1. The highest BCUT2D eigenvalue weighted by Gasteiger charge is 2.11. The molecule has 1 fully saturated rings. The Morgan fingerprint density at radius 2 is 2.04 bits per heavy atom. The zero-order valence-electron chi connectivity index (χ0n) is 15.6. The molecule has 1 amide bonds. The Balaban J connectivity index is 1.78. The number of rotatable bonds is 9. The van der Waals surface area contributed by atoms with E-state index in [1.165, 1.54) is 24.6 Å². The van der Waals surface area contributed by atoms with Crippen LogP contribution in [0.25, 0.3) is 0 Å². The monoisotopic (exact) mass is 355 g/mol. The smallest absolute Gasteiger partial charge is 0.263 e. The molecule has 0 spiro atoms. The molecule has 1 saturated heterocycles. The fraction of sp³-hybridized carbons (Fsp3) is 0.500. The lowest BCUT2D eigenvalue weighted by Gasteiger charge is -2.27. The number of anilines is 1. The number of carbonyl (C=O) groups is 1. The predicted octanol–water partition coefficient (Wildman–Crippen LogP) is 1.87. The van der Waals surface area contributed by atoms with Crippen molar-refractivity contribution in [2.75, 3.05) is 44.6 Å². The van der Waals surface area contributed by atoms with E-state index < -0.39 is 0 Å². The van der Waals surface area contributed by atoms with Gasteiger partial charge in [-0.2, -0.15) is 5.26 Å². The molecule has 0 aromatic heterocycles. The summed E-state index contributed by atoms with van der Waals surface area (Å²) in [5.74, 6) is -0.338. The van der Waals surface area contributed by atoms with Crippen molar-refractivity contribution in [2.45, 2.75) is 26.2 Å². The van der Waals surface area contributed by atoms with Crippen molar-refractivity contribution in [1.29, 1.82) is 5.26 Å². The van der Waals surface area contributed by atoms with E-state index in [2.05, 4.69) is 39.9 Å². The molecule has 6 heteroatoms. The van der Waals surface area contributed by atoms with Gasteiger partial charge in [0.25, 0.3) is 5.91 Å². The van der Waals surface area contributed by atoms with Gasteiger partial charge in [0.1, 0.15) is 11.6 Å². The van der Waals surface area contributed by atoms with Crippen LogP contribution in [-0.2, 0) is 11.2 Å². The lowest BCUT2D eigenvalue weighted by molar-refractivity contribution is -0.117. The van der Waals surface area contributed by atoms with Gasteiger partial charge in [-0.05, 0) is 30.5 Å². The molecule has 1 aromatic carbocycles. The standard InChI is InChI=1S/C20H29N5O/c1-2-3-4-17-5-7-19(8-6-17)24-16-18(15-21)20(26)23-11-14-25-12-9-22-10-13-25/h5-8,16,22,24H,2-4,9-14H2,1H3,(H,23,26)/b18-16-. The van der Waals surface area contributed by atoms with Crippen LogP contribution in [0.4, 0.5) is 5.69 Å². The van der Waals surface area contributed by atoms with Gasteiger partial charge in [0.2, 0.25) is 0 Å². The molecule has 3 N–H and O–H groups in total. The van der Waals surface area contributed by atoms with Crippen LogP contribution in [0.3, 0.4) is 0 Å². The van der Waals surface area contributed by atoms with Crippen LogP contribution in [0.5, 0.6) is 0 Å². The zero-order chi connectivity index (χ0) is 18.6. The lowest BCUT2D eigenvalue weighted by Crippen LogP contribution is -2.46. The van der Waals surface area contributed by atoms with Crippen LogP contribution in [0, 0.1) is 11.3 Å². The maximum Gasteiger partial charge on any atom is 0.263 e. The molecule has 1 heterocycles. The third-order valence-electron chi connectivity index (χ3n) is 4.44. The lowest BCUT2D eigenvalue weighted by atomic mass is 10.1. The molecular formula is C20H29N5O. The van der Waals surface area contributed by atoms with E-state index in [0.717, 1.165) is 44.8 Å². The first-order chi connectivity index (χ1) is 12.7. The van der Waals surface area contributed by atoms with E-state index in [1.807, 2.05) is 18.2 Å². The van der Waals surface area contributed by atoms with Crippen molar-refractivity contribution < 1.29 is 4.79 Å². The van der Waals surface area contributed by atoms with E-state index in [1.54, 1.807) is 0 Å². The summed E-state index contributed by atoms with van der Waals surface area (Å²) in [4.78, 5) is 14.4. The molecule has 2 rings (SSSR count). The van der Waals surface area contributed by atoms with Gasteiger partial charge in [0, 0.05) is 51.2 Å². The summed E-state index contributed by atoms with van der Waals surface area (Å²) in [5.41, 5.74) is 2.25. The second kappa shape index (κ2) is 11.3. The molecule has 6 nitrogen and oxygen atoms in total. The van der Waals surface area contributed by atoms with Crippen molar-refractivity contribution in [3.63, 3.8) is 0 Å². The van der Waals surface area contributed by atoms with Crippen LogP contribution in [0.2, 0.25) is 0 Å². The first-order valence-corrected chi connectivity index (χ1v) is 9.40. The normalized spacial score (nSPS) is 15.3. The van der Waals surface area contributed by atoms with Crippen LogP contribution >= 0.6 is 0 Å². The minimum absolute atomic E-state index is 0.0837. The van der Waals surface area contributed by atoms with Crippen LogP contribution in [0.15, 0.2) is 36.0 Å². The first kappa shape index (κ1) is 20.0. The number of hydrogen-bond acceptors (Lipinski definition) is 5. The van der Waals surface area contributed by atoms with Gasteiger partial charge in [-0.1, -0.05) is 25.5 Å². The molecule has 1 aliphatic rings. The Morgan fingerprint density at radius 1 is 1.31 bits per heavy atom. The van der Waals surface area contributed by atoms with Gasteiger partial charge in [-0.15, -0.1) is 0 Å². The number of nitrogens with one attached hydrogen (secondary N) is 3. The third-order valence-corrected chi connectivity index (χ3v) is 4.44. The highest BCUT2D eigenvalue weighted by atomic mass is 16.1. The van der Waals surface area contributed by atoms with Gasteiger partial charge < -0.3 is 16.0 Å². The number of piperazine rings is 1. The molecule has 0 saturated carbocycles. The first-order valence-electron chi connectivity index (χ1n) is 9.40. The van der Waals surface area contributed by atoms with E-state index in [9.17, 15) is 10.1 Å². The summed E-state index contributed by atoms with van der Waals surface area (Å²) in [6.07, 6.45) is 4.91. The Hall–Kier alpha value is -2.36. The molecule has 1 aromatic rings. The van der Waals surface area contributed by atoms with Crippen molar-refractivity contribution in [3.05, 3.63) is 41.6 Å².